The van der Waals surface area contributed by atoms with Crippen molar-refractivity contribution < 1.29 is 0 Å². The number of anilines is 3. The maximum absolute atomic E-state index is 9.80. The van der Waals surface area contributed by atoms with Crippen LogP contribution in [0.15, 0.2) is 48.3 Å². The molecule has 3 N–H and O–H groups in total. The first-order chi connectivity index (χ1) is 12.8. The Balaban J connectivity index is 1.76. The fraction of sp³-hybridized carbons (Fsp3) is 0.200. The molecule has 1 fully saturated rings. The van der Waals surface area contributed by atoms with E-state index in [0.717, 1.165) is 47.7 Å². The van der Waals surface area contributed by atoms with Gasteiger partial charge in [0.2, 0.25) is 0 Å². The van der Waals surface area contributed by atoms with E-state index < -0.39 is 0 Å². The van der Waals surface area contributed by atoms with Crippen LogP contribution in [-0.4, -0.2) is 22.2 Å². The molecule has 5 rings (SSSR count). The smallest absolute Gasteiger partial charge is 0.142 e. The lowest BCUT2D eigenvalue weighted by atomic mass is 9.94. The van der Waals surface area contributed by atoms with Gasteiger partial charge in [0.25, 0.3) is 0 Å². The average Bonchev–Trinajstić information content (AvgIpc) is 3.17. The Hall–Kier alpha value is -3.46. The third kappa shape index (κ3) is 2.21. The number of aromatic nitrogens is 2. The fourth-order valence-corrected chi connectivity index (χ4v) is 3.80. The molecule has 0 saturated carbocycles. The van der Waals surface area contributed by atoms with Crippen molar-refractivity contribution in [2.45, 2.75) is 18.9 Å². The Kier molecular flexibility index (Phi) is 3.32. The van der Waals surface area contributed by atoms with Crippen LogP contribution >= 0.6 is 0 Å². The van der Waals surface area contributed by atoms with Crippen molar-refractivity contribution in [3.63, 3.8) is 0 Å². The molecule has 1 aromatic carbocycles. The van der Waals surface area contributed by atoms with Crippen LogP contribution in [0.4, 0.5) is 17.2 Å². The Morgan fingerprint density at radius 3 is 2.96 bits per heavy atom. The van der Waals surface area contributed by atoms with E-state index in [4.69, 9.17) is 0 Å². The van der Waals surface area contributed by atoms with Gasteiger partial charge in [-0.15, -0.1) is 0 Å². The number of benzene rings is 1. The second kappa shape index (κ2) is 5.81. The van der Waals surface area contributed by atoms with E-state index in [1.54, 1.807) is 6.20 Å². The normalized spacial score (nSPS) is 18.0. The van der Waals surface area contributed by atoms with Crippen LogP contribution in [-0.2, 0) is 0 Å². The van der Waals surface area contributed by atoms with E-state index in [-0.39, 0.29) is 6.04 Å². The number of hydrogen-bond donors (Lipinski definition) is 3. The van der Waals surface area contributed by atoms with Crippen molar-refractivity contribution in [3.05, 3.63) is 59.4 Å². The van der Waals surface area contributed by atoms with E-state index >= 15 is 0 Å². The fourth-order valence-electron chi connectivity index (χ4n) is 3.80. The van der Waals surface area contributed by atoms with Gasteiger partial charge in [-0.3, -0.25) is 0 Å². The molecule has 0 radical (unpaired) electrons. The molecule has 128 valence electrons. The molecule has 2 aromatic heterocycles. The topological polar surface area (TPSA) is 77.2 Å². The maximum atomic E-state index is 9.80. The highest BCUT2D eigenvalue weighted by atomic mass is 15.3. The van der Waals surface area contributed by atoms with Crippen molar-refractivity contribution in [1.29, 1.82) is 5.26 Å². The standard InChI is InChI=1S/C20H18N6/c21-12-15-18-8-10-23-26(18)20(24-13-5-2-1-3-6-13)14-11-17-16(25-19(14)15)7-4-9-22-17/h1-3,5-6,8,10-11,16,22,24-25H,4,7,9H2/t16-/m0/s1. The molecule has 2 aliphatic rings. The van der Waals surface area contributed by atoms with Gasteiger partial charge in [-0.25, -0.2) is 4.52 Å². The zero-order chi connectivity index (χ0) is 17.5. The van der Waals surface area contributed by atoms with Crippen molar-refractivity contribution >= 4 is 28.8 Å². The molecule has 26 heavy (non-hydrogen) atoms. The third-order valence-corrected chi connectivity index (χ3v) is 5.03. The van der Waals surface area contributed by atoms with Crippen LogP contribution in [0.5, 0.6) is 0 Å². The molecular weight excluding hydrogens is 324 g/mol. The summed E-state index contributed by atoms with van der Waals surface area (Å²) in [5.41, 5.74) is 5.44. The van der Waals surface area contributed by atoms with Crippen LogP contribution < -0.4 is 16.0 Å². The number of para-hydroxylation sites is 1. The molecule has 1 atom stereocenters. The minimum Gasteiger partial charge on any atom is -0.387 e. The summed E-state index contributed by atoms with van der Waals surface area (Å²) in [6.07, 6.45) is 6.07. The van der Waals surface area contributed by atoms with E-state index in [2.05, 4.69) is 33.2 Å². The SMILES string of the molecule is N#Cc1c2c(c(Nc3ccccc3)n3nccc13)C=C1NCCC[C@@H]1N2. The molecule has 0 bridgehead atoms. The molecule has 0 spiro atoms. The molecule has 0 amide bonds. The molecule has 0 unspecified atom stereocenters. The van der Waals surface area contributed by atoms with Gasteiger partial charge >= 0.3 is 0 Å². The predicted octanol–water partition coefficient (Wildman–Crippen LogP) is 3.47. The number of hydrogen-bond acceptors (Lipinski definition) is 5. The molecular formula is C20H18N6. The van der Waals surface area contributed by atoms with Gasteiger partial charge in [0, 0.05) is 23.5 Å². The first-order valence-electron chi connectivity index (χ1n) is 8.83. The number of nitriles is 1. The van der Waals surface area contributed by atoms with Crippen LogP contribution in [0, 0.1) is 11.3 Å². The lowest BCUT2D eigenvalue weighted by molar-refractivity contribution is 0.548. The Morgan fingerprint density at radius 1 is 1.23 bits per heavy atom. The van der Waals surface area contributed by atoms with Crippen molar-refractivity contribution in [2.75, 3.05) is 17.2 Å². The van der Waals surface area contributed by atoms with Crippen molar-refractivity contribution in [1.82, 2.24) is 14.9 Å². The summed E-state index contributed by atoms with van der Waals surface area (Å²) in [6, 6.07) is 14.5. The summed E-state index contributed by atoms with van der Waals surface area (Å²) in [7, 11) is 0. The van der Waals surface area contributed by atoms with Crippen molar-refractivity contribution in [3.8, 4) is 6.07 Å². The largest absolute Gasteiger partial charge is 0.387 e. The average molecular weight is 342 g/mol. The van der Waals surface area contributed by atoms with Gasteiger partial charge in [-0.05, 0) is 37.1 Å². The molecule has 3 aromatic rings. The molecule has 2 aliphatic heterocycles. The zero-order valence-corrected chi connectivity index (χ0v) is 14.2. The third-order valence-electron chi connectivity index (χ3n) is 5.03. The second-order valence-corrected chi connectivity index (χ2v) is 6.61. The van der Waals surface area contributed by atoms with Crippen molar-refractivity contribution in [2.24, 2.45) is 0 Å². The molecule has 1 saturated heterocycles. The monoisotopic (exact) mass is 342 g/mol. The Bertz CT molecular complexity index is 1060. The first kappa shape index (κ1) is 14.8. The Labute approximate surface area is 151 Å². The lowest BCUT2D eigenvalue weighted by Gasteiger charge is -2.34. The highest BCUT2D eigenvalue weighted by molar-refractivity contribution is 5.91. The van der Waals surface area contributed by atoms with Crippen LogP contribution in [0.1, 0.15) is 24.0 Å². The molecule has 6 heteroatoms. The second-order valence-electron chi connectivity index (χ2n) is 6.61. The minimum absolute atomic E-state index is 0.235. The van der Waals surface area contributed by atoms with Gasteiger partial charge in [0.15, 0.2) is 0 Å². The molecule has 4 heterocycles. The highest BCUT2D eigenvalue weighted by Crippen LogP contribution is 2.39. The number of rotatable bonds is 2. The number of piperidine rings is 1. The Morgan fingerprint density at radius 2 is 2.12 bits per heavy atom. The summed E-state index contributed by atoms with van der Waals surface area (Å²) in [4.78, 5) is 0. The zero-order valence-electron chi connectivity index (χ0n) is 14.2. The van der Waals surface area contributed by atoms with E-state index in [1.807, 2.05) is 40.9 Å². The summed E-state index contributed by atoms with van der Waals surface area (Å²) < 4.78 is 1.81. The van der Waals surface area contributed by atoms with Crippen LogP contribution in [0.25, 0.3) is 11.6 Å². The summed E-state index contributed by atoms with van der Waals surface area (Å²) in [5, 5.41) is 24.8. The summed E-state index contributed by atoms with van der Waals surface area (Å²) >= 11 is 0. The maximum Gasteiger partial charge on any atom is 0.142 e. The van der Waals surface area contributed by atoms with Crippen LogP contribution in [0.2, 0.25) is 0 Å². The van der Waals surface area contributed by atoms with E-state index in [0.29, 0.717) is 5.56 Å². The first-order valence-corrected chi connectivity index (χ1v) is 8.83. The van der Waals surface area contributed by atoms with Gasteiger partial charge in [0.05, 0.1) is 23.4 Å². The van der Waals surface area contributed by atoms with Gasteiger partial charge in [0.1, 0.15) is 17.5 Å². The lowest BCUT2D eigenvalue weighted by Crippen LogP contribution is -2.38. The van der Waals surface area contributed by atoms with Crippen LogP contribution in [0.3, 0.4) is 0 Å². The number of nitrogens with zero attached hydrogens (tertiary/aromatic N) is 3. The van der Waals surface area contributed by atoms with Gasteiger partial charge in [-0.2, -0.15) is 10.4 Å². The number of fused-ring (bicyclic) bond motifs is 3. The summed E-state index contributed by atoms with van der Waals surface area (Å²) in [6.45, 7) is 0.982. The number of pyridine rings is 1. The number of nitrogens with one attached hydrogen (secondary N) is 3. The van der Waals surface area contributed by atoms with E-state index in [9.17, 15) is 5.26 Å². The van der Waals surface area contributed by atoms with E-state index in [1.165, 1.54) is 5.70 Å². The minimum atomic E-state index is 0.235. The highest BCUT2D eigenvalue weighted by Gasteiger charge is 2.29. The quantitative estimate of drug-likeness (QED) is 0.665. The van der Waals surface area contributed by atoms with Gasteiger partial charge in [-0.1, -0.05) is 18.2 Å². The summed E-state index contributed by atoms with van der Waals surface area (Å²) in [5.74, 6) is 0.857. The molecule has 6 nitrogen and oxygen atoms in total. The predicted molar refractivity (Wildman–Crippen MR) is 102 cm³/mol. The molecule has 0 aliphatic carbocycles. The van der Waals surface area contributed by atoms with Gasteiger partial charge < -0.3 is 16.0 Å².